The average Bonchev–Trinajstić information content (AvgIpc) is 2.35. The number of hydrogen-bond donors (Lipinski definition) is 1. The highest BCUT2D eigenvalue weighted by molar-refractivity contribution is 5.17. The second-order valence-electron chi connectivity index (χ2n) is 4.47. The minimum absolute atomic E-state index is 0.314. The number of pyridine rings is 1. The lowest BCUT2D eigenvalue weighted by Gasteiger charge is -2.20. The van der Waals surface area contributed by atoms with Crippen molar-refractivity contribution in [3.05, 3.63) is 29.6 Å². The molecule has 0 aliphatic carbocycles. The largest absolute Gasteiger partial charge is 0.382 e. The van der Waals surface area contributed by atoms with Gasteiger partial charge in [0.2, 0.25) is 0 Å². The Balaban J connectivity index is 2.61. The summed E-state index contributed by atoms with van der Waals surface area (Å²) in [6.07, 6.45) is 4.42. The van der Waals surface area contributed by atoms with E-state index in [0.29, 0.717) is 12.1 Å². The summed E-state index contributed by atoms with van der Waals surface area (Å²) in [7, 11) is 1.76. The number of nitrogens with one attached hydrogen (secondary N) is 1. The summed E-state index contributed by atoms with van der Waals surface area (Å²) in [4.78, 5) is 4.36. The van der Waals surface area contributed by atoms with E-state index in [1.807, 2.05) is 13.1 Å². The molecule has 0 bridgehead atoms. The molecule has 0 fully saturated rings. The van der Waals surface area contributed by atoms with Gasteiger partial charge in [-0.25, -0.2) is 0 Å². The van der Waals surface area contributed by atoms with Crippen molar-refractivity contribution in [1.29, 1.82) is 0 Å². The molecule has 17 heavy (non-hydrogen) atoms. The Bertz CT molecular complexity index is 311. The van der Waals surface area contributed by atoms with E-state index in [2.05, 4.69) is 36.3 Å². The standard InChI is InChI=1S/C14H24N2O/c1-5-15-14(9-7-12(3)17-4)13-8-6-11(2)16-10-13/h6,8,10,12,14-15H,5,7,9H2,1-4H3. The maximum Gasteiger partial charge on any atom is 0.0543 e. The lowest BCUT2D eigenvalue weighted by atomic mass is 10.0. The molecule has 2 atom stereocenters. The molecule has 1 aromatic heterocycles. The molecule has 3 nitrogen and oxygen atoms in total. The Morgan fingerprint density at radius 3 is 2.65 bits per heavy atom. The highest BCUT2D eigenvalue weighted by Crippen LogP contribution is 2.19. The first-order valence-corrected chi connectivity index (χ1v) is 6.36. The minimum Gasteiger partial charge on any atom is -0.382 e. The van der Waals surface area contributed by atoms with Crippen LogP contribution in [0.2, 0.25) is 0 Å². The van der Waals surface area contributed by atoms with Crippen molar-refractivity contribution < 1.29 is 4.74 Å². The van der Waals surface area contributed by atoms with Gasteiger partial charge in [0.25, 0.3) is 0 Å². The molecule has 0 aromatic carbocycles. The van der Waals surface area contributed by atoms with Gasteiger partial charge in [0.05, 0.1) is 6.10 Å². The quantitative estimate of drug-likeness (QED) is 0.790. The van der Waals surface area contributed by atoms with Crippen LogP contribution in [0.5, 0.6) is 0 Å². The van der Waals surface area contributed by atoms with Gasteiger partial charge in [-0.3, -0.25) is 4.98 Å². The fraction of sp³-hybridized carbons (Fsp3) is 0.643. The lowest BCUT2D eigenvalue weighted by Crippen LogP contribution is -2.22. The van der Waals surface area contributed by atoms with E-state index in [1.54, 1.807) is 7.11 Å². The van der Waals surface area contributed by atoms with E-state index >= 15 is 0 Å². The molecular weight excluding hydrogens is 212 g/mol. The monoisotopic (exact) mass is 236 g/mol. The van der Waals surface area contributed by atoms with Crippen LogP contribution >= 0.6 is 0 Å². The second-order valence-corrected chi connectivity index (χ2v) is 4.47. The number of aryl methyl sites for hydroxylation is 1. The van der Waals surface area contributed by atoms with Crippen LogP contribution in [0.1, 0.15) is 44.0 Å². The molecule has 0 aliphatic heterocycles. The summed E-state index contributed by atoms with van der Waals surface area (Å²) in [5.74, 6) is 0. The van der Waals surface area contributed by atoms with E-state index < -0.39 is 0 Å². The topological polar surface area (TPSA) is 34.1 Å². The van der Waals surface area contributed by atoms with Gasteiger partial charge in [0.15, 0.2) is 0 Å². The molecule has 0 amide bonds. The molecule has 96 valence electrons. The van der Waals surface area contributed by atoms with Crippen molar-refractivity contribution in [3.63, 3.8) is 0 Å². The summed E-state index contributed by atoms with van der Waals surface area (Å²) in [6, 6.07) is 4.61. The van der Waals surface area contributed by atoms with E-state index in [4.69, 9.17) is 4.74 Å². The summed E-state index contributed by atoms with van der Waals surface area (Å²) < 4.78 is 5.29. The third kappa shape index (κ3) is 4.84. The first-order valence-electron chi connectivity index (χ1n) is 6.36. The van der Waals surface area contributed by atoms with Crippen LogP contribution in [-0.4, -0.2) is 24.7 Å². The van der Waals surface area contributed by atoms with E-state index in [1.165, 1.54) is 5.56 Å². The van der Waals surface area contributed by atoms with E-state index in [9.17, 15) is 0 Å². The van der Waals surface area contributed by atoms with Crippen molar-refractivity contribution in [1.82, 2.24) is 10.3 Å². The summed E-state index contributed by atoms with van der Waals surface area (Å²) >= 11 is 0. The van der Waals surface area contributed by atoms with Crippen LogP contribution in [0.25, 0.3) is 0 Å². The van der Waals surface area contributed by atoms with Gasteiger partial charge in [-0.2, -0.15) is 0 Å². The number of rotatable bonds is 7. The molecule has 1 N–H and O–H groups in total. The van der Waals surface area contributed by atoms with Gasteiger partial charge >= 0.3 is 0 Å². The fourth-order valence-corrected chi connectivity index (χ4v) is 1.84. The van der Waals surface area contributed by atoms with Crippen LogP contribution in [0.3, 0.4) is 0 Å². The zero-order chi connectivity index (χ0) is 12.7. The van der Waals surface area contributed by atoms with Gasteiger partial charge in [-0.1, -0.05) is 13.0 Å². The Labute approximate surface area is 105 Å². The highest BCUT2D eigenvalue weighted by atomic mass is 16.5. The zero-order valence-corrected chi connectivity index (χ0v) is 11.4. The van der Waals surface area contributed by atoms with Crippen LogP contribution in [0.4, 0.5) is 0 Å². The Morgan fingerprint density at radius 2 is 2.12 bits per heavy atom. The summed E-state index contributed by atoms with van der Waals surface area (Å²) in [5.41, 5.74) is 2.33. The van der Waals surface area contributed by atoms with Crippen LogP contribution in [0.15, 0.2) is 18.3 Å². The number of ether oxygens (including phenoxy) is 1. The van der Waals surface area contributed by atoms with Crippen molar-refractivity contribution >= 4 is 0 Å². The zero-order valence-electron chi connectivity index (χ0n) is 11.4. The number of methoxy groups -OCH3 is 1. The average molecular weight is 236 g/mol. The van der Waals surface area contributed by atoms with Gasteiger partial charge in [0.1, 0.15) is 0 Å². The van der Waals surface area contributed by atoms with Gasteiger partial charge in [-0.05, 0) is 44.9 Å². The summed E-state index contributed by atoms with van der Waals surface area (Å²) in [5, 5.41) is 3.50. The Hall–Kier alpha value is -0.930. The molecule has 0 radical (unpaired) electrons. The molecule has 2 unspecified atom stereocenters. The smallest absolute Gasteiger partial charge is 0.0543 e. The van der Waals surface area contributed by atoms with E-state index in [-0.39, 0.29) is 0 Å². The molecule has 0 aliphatic rings. The number of hydrogen-bond acceptors (Lipinski definition) is 3. The maximum absolute atomic E-state index is 5.29. The number of nitrogens with zero attached hydrogens (tertiary/aromatic N) is 1. The molecule has 0 saturated heterocycles. The SMILES string of the molecule is CCNC(CCC(C)OC)c1ccc(C)nc1. The highest BCUT2D eigenvalue weighted by Gasteiger charge is 2.12. The molecular formula is C14H24N2O. The first-order chi connectivity index (χ1) is 8.17. The van der Waals surface area contributed by atoms with Gasteiger partial charge in [-0.15, -0.1) is 0 Å². The third-order valence-corrected chi connectivity index (χ3v) is 3.05. The lowest BCUT2D eigenvalue weighted by molar-refractivity contribution is 0.106. The van der Waals surface area contributed by atoms with Crippen LogP contribution < -0.4 is 5.32 Å². The van der Waals surface area contributed by atoms with Gasteiger partial charge < -0.3 is 10.1 Å². The van der Waals surface area contributed by atoms with Crippen molar-refractivity contribution in [2.45, 2.75) is 45.8 Å². The van der Waals surface area contributed by atoms with E-state index in [0.717, 1.165) is 25.1 Å². The normalized spacial score (nSPS) is 14.6. The molecule has 0 saturated carbocycles. The number of aromatic nitrogens is 1. The second kappa shape index (κ2) is 7.41. The minimum atomic E-state index is 0.314. The van der Waals surface area contributed by atoms with Crippen LogP contribution in [0, 0.1) is 6.92 Å². The molecule has 0 spiro atoms. The maximum atomic E-state index is 5.29. The predicted octanol–water partition coefficient (Wildman–Crippen LogP) is 2.86. The first kappa shape index (κ1) is 14.1. The molecule has 1 heterocycles. The fourth-order valence-electron chi connectivity index (χ4n) is 1.84. The molecule has 1 aromatic rings. The third-order valence-electron chi connectivity index (χ3n) is 3.05. The molecule has 1 rings (SSSR count). The molecule has 3 heteroatoms. The van der Waals surface area contributed by atoms with Gasteiger partial charge in [0, 0.05) is 25.0 Å². The van der Waals surface area contributed by atoms with Crippen molar-refractivity contribution in [3.8, 4) is 0 Å². The van der Waals surface area contributed by atoms with Crippen molar-refractivity contribution in [2.75, 3.05) is 13.7 Å². The summed E-state index contributed by atoms with van der Waals surface area (Å²) in [6.45, 7) is 7.23. The predicted molar refractivity (Wildman–Crippen MR) is 71.1 cm³/mol. The van der Waals surface area contributed by atoms with Crippen molar-refractivity contribution in [2.24, 2.45) is 0 Å². The van der Waals surface area contributed by atoms with Crippen LogP contribution in [-0.2, 0) is 4.74 Å². The Kier molecular flexibility index (Phi) is 6.16. The Morgan fingerprint density at radius 1 is 1.35 bits per heavy atom.